The molecule has 33 heavy (non-hydrogen) atoms. The molecular formula is C26H33N5O2. The van der Waals surface area contributed by atoms with Crippen LogP contribution in [0.15, 0.2) is 65.5 Å². The molecule has 2 aromatic carbocycles. The van der Waals surface area contributed by atoms with Crippen molar-refractivity contribution in [3.8, 4) is 5.69 Å². The minimum absolute atomic E-state index is 0.123. The quantitative estimate of drug-likeness (QED) is 0.646. The summed E-state index contributed by atoms with van der Waals surface area (Å²) in [6.07, 6.45) is 0.903. The Morgan fingerprint density at radius 1 is 1.09 bits per heavy atom. The van der Waals surface area contributed by atoms with Crippen LogP contribution in [0.4, 0.5) is 10.5 Å². The van der Waals surface area contributed by atoms with Crippen molar-refractivity contribution in [3.63, 3.8) is 0 Å². The van der Waals surface area contributed by atoms with Crippen molar-refractivity contribution in [1.29, 1.82) is 0 Å². The number of piperidine rings is 1. The number of amides is 2. The van der Waals surface area contributed by atoms with Gasteiger partial charge in [-0.05, 0) is 37.0 Å². The molecule has 0 radical (unpaired) electrons. The third-order valence-corrected chi connectivity index (χ3v) is 6.80. The van der Waals surface area contributed by atoms with Crippen LogP contribution in [-0.4, -0.2) is 51.4 Å². The Bertz CT molecular complexity index is 1150. The van der Waals surface area contributed by atoms with Gasteiger partial charge in [0.2, 0.25) is 0 Å². The van der Waals surface area contributed by atoms with Crippen LogP contribution >= 0.6 is 0 Å². The van der Waals surface area contributed by atoms with Gasteiger partial charge in [-0.1, -0.05) is 55.5 Å². The van der Waals surface area contributed by atoms with Gasteiger partial charge in [0.05, 0.1) is 11.4 Å². The van der Waals surface area contributed by atoms with Gasteiger partial charge in [0.1, 0.15) is 5.69 Å². The Hall–Kier alpha value is -3.32. The molecule has 1 aromatic heterocycles. The highest BCUT2D eigenvalue weighted by Crippen LogP contribution is 2.24. The van der Waals surface area contributed by atoms with E-state index < -0.39 is 0 Å². The molecule has 0 saturated carbocycles. The molecule has 0 aliphatic carbocycles. The van der Waals surface area contributed by atoms with Gasteiger partial charge in [0, 0.05) is 39.8 Å². The third-order valence-electron chi connectivity index (χ3n) is 6.80. The summed E-state index contributed by atoms with van der Waals surface area (Å²) < 4.78 is 3.35. The summed E-state index contributed by atoms with van der Waals surface area (Å²) in [5.74, 6) is 0.330. The Balaban J connectivity index is 1.44. The van der Waals surface area contributed by atoms with Crippen LogP contribution in [0.5, 0.6) is 0 Å². The van der Waals surface area contributed by atoms with Gasteiger partial charge in [0.15, 0.2) is 0 Å². The third kappa shape index (κ3) is 4.73. The van der Waals surface area contributed by atoms with E-state index in [-0.39, 0.29) is 17.6 Å². The van der Waals surface area contributed by atoms with E-state index in [4.69, 9.17) is 0 Å². The Kier molecular flexibility index (Phi) is 6.70. The molecule has 0 spiro atoms. The number of nitrogens with one attached hydrogen (secondary N) is 1. The van der Waals surface area contributed by atoms with Crippen LogP contribution in [0, 0.1) is 12.8 Å². The molecule has 1 aliphatic rings. The van der Waals surface area contributed by atoms with Gasteiger partial charge in [-0.15, -0.1) is 0 Å². The van der Waals surface area contributed by atoms with E-state index in [1.165, 1.54) is 5.56 Å². The van der Waals surface area contributed by atoms with E-state index in [9.17, 15) is 9.59 Å². The number of likely N-dealkylation sites (tertiary alicyclic amines) is 1. The molecule has 1 aliphatic heterocycles. The van der Waals surface area contributed by atoms with Crippen molar-refractivity contribution >= 4 is 11.7 Å². The number of benzene rings is 2. The highest BCUT2D eigenvalue weighted by Gasteiger charge is 2.32. The van der Waals surface area contributed by atoms with Gasteiger partial charge < -0.3 is 10.2 Å². The lowest BCUT2D eigenvalue weighted by molar-refractivity contribution is 0.0933. The van der Waals surface area contributed by atoms with Crippen LogP contribution in [0.2, 0.25) is 0 Å². The maximum atomic E-state index is 13.1. The highest BCUT2D eigenvalue weighted by atomic mass is 16.2. The van der Waals surface area contributed by atoms with Gasteiger partial charge >= 0.3 is 6.03 Å². The zero-order chi connectivity index (χ0) is 23.5. The molecule has 3 aromatic rings. The Morgan fingerprint density at radius 2 is 1.73 bits per heavy atom. The van der Waals surface area contributed by atoms with Gasteiger partial charge in [-0.25, -0.2) is 9.48 Å². The van der Waals surface area contributed by atoms with Crippen LogP contribution < -0.4 is 10.9 Å². The molecule has 7 heteroatoms. The van der Waals surface area contributed by atoms with Crippen molar-refractivity contribution in [2.75, 3.05) is 25.5 Å². The summed E-state index contributed by atoms with van der Waals surface area (Å²) in [5, 5.41) is 2.90. The molecule has 2 atom stereocenters. The van der Waals surface area contributed by atoms with Crippen LogP contribution in [0.3, 0.4) is 0 Å². The number of aromatic nitrogens is 2. The zero-order valence-corrected chi connectivity index (χ0v) is 19.9. The number of urea groups is 1. The second kappa shape index (κ2) is 9.67. The molecule has 174 valence electrons. The van der Waals surface area contributed by atoms with E-state index >= 15 is 0 Å². The number of hydrogen-bond acceptors (Lipinski definition) is 3. The van der Waals surface area contributed by atoms with E-state index in [1.54, 1.807) is 14.3 Å². The number of anilines is 1. The molecule has 2 amide bonds. The average molecular weight is 448 g/mol. The van der Waals surface area contributed by atoms with Crippen LogP contribution in [0.1, 0.15) is 24.6 Å². The minimum atomic E-state index is -0.241. The van der Waals surface area contributed by atoms with E-state index in [0.717, 1.165) is 37.4 Å². The van der Waals surface area contributed by atoms with Crippen molar-refractivity contribution in [2.45, 2.75) is 32.9 Å². The highest BCUT2D eigenvalue weighted by molar-refractivity contribution is 5.89. The summed E-state index contributed by atoms with van der Waals surface area (Å²) in [5.41, 5.74) is 2.89. The second-order valence-corrected chi connectivity index (χ2v) is 9.03. The summed E-state index contributed by atoms with van der Waals surface area (Å²) in [7, 11) is 3.66. The molecular weight excluding hydrogens is 414 g/mol. The smallest absolute Gasteiger partial charge is 0.322 e. The summed E-state index contributed by atoms with van der Waals surface area (Å²) in [4.78, 5) is 30.5. The van der Waals surface area contributed by atoms with Crippen molar-refractivity contribution in [3.05, 3.63) is 82.3 Å². The Labute approximate surface area is 195 Å². The van der Waals surface area contributed by atoms with Gasteiger partial charge in [-0.2, -0.15) is 0 Å². The molecule has 7 nitrogen and oxygen atoms in total. The first kappa shape index (κ1) is 22.9. The predicted octanol–water partition coefficient (Wildman–Crippen LogP) is 3.86. The fraction of sp³-hybridized carbons (Fsp3) is 0.385. The zero-order valence-electron chi connectivity index (χ0n) is 19.9. The molecule has 2 heterocycles. The van der Waals surface area contributed by atoms with Gasteiger partial charge in [0.25, 0.3) is 5.56 Å². The molecule has 0 unspecified atom stereocenters. The predicted molar refractivity (Wildman–Crippen MR) is 132 cm³/mol. The standard InChI is InChI=1S/C26H33N5O2/c1-19-17-30(18-21-11-7-5-8-12-21)16-15-23(19)28(3)26(33)27-24-20(2)29(4)31(25(24)32)22-13-9-6-10-14-22/h5-14,19,23H,15-18H2,1-4H3,(H,27,33)/t19-,23-/m1/s1. The summed E-state index contributed by atoms with van der Waals surface area (Å²) >= 11 is 0. The number of para-hydroxylation sites is 1. The summed E-state index contributed by atoms with van der Waals surface area (Å²) in [6, 6.07) is 19.8. The SMILES string of the molecule is Cc1c(NC(=O)N(C)[C@@H]2CCN(Cc3ccccc3)C[C@H]2C)c(=O)n(-c2ccccc2)n1C. The number of rotatable bonds is 5. The normalized spacial score (nSPS) is 18.8. The van der Waals surface area contributed by atoms with Crippen LogP contribution in [-0.2, 0) is 13.6 Å². The number of nitrogens with zero attached hydrogens (tertiary/aromatic N) is 4. The van der Waals surface area contributed by atoms with E-state index in [1.807, 2.05) is 57.4 Å². The minimum Gasteiger partial charge on any atom is -0.324 e. The lowest BCUT2D eigenvalue weighted by Crippen LogP contribution is -2.51. The van der Waals surface area contributed by atoms with Crippen molar-refractivity contribution < 1.29 is 4.79 Å². The first-order valence-corrected chi connectivity index (χ1v) is 11.5. The van der Waals surface area contributed by atoms with E-state index in [0.29, 0.717) is 11.6 Å². The maximum absolute atomic E-state index is 13.1. The number of hydrogen-bond donors (Lipinski definition) is 1. The second-order valence-electron chi connectivity index (χ2n) is 9.03. The van der Waals surface area contributed by atoms with Crippen LogP contribution in [0.25, 0.3) is 5.69 Å². The molecule has 1 N–H and O–H groups in total. The first-order chi connectivity index (χ1) is 15.9. The number of carbonyl (C=O) groups excluding carboxylic acids is 1. The maximum Gasteiger partial charge on any atom is 0.322 e. The average Bonchev–Trinajstić information content (AvgIpc) is 3.03. The lowest BCUT2D eigenvalue weighted by Gasteiger charge is -2.41. The molecule has 1 fully saturated rings. The van der Waals surface area contributed by atoms with Gasteiger partial charge in [-0.3, -0.25) is 14.4 Å². The molecule has 0 bridgehead atoms. The van der Waals surface area contributed by atoms with E-state index in [2.05, 4.69) is 41.4 Å². The fourth-order valence-electron chi connectivity index (χ4n) is 4.84. The van der Waals surface area contributed by atoms with Crippen molar-refractivity contribution in [1.82, 2.24) is 19.2 Å². The first-order valence-electron chi connectivity index (χ1n) is 11.5. The van der Waals surface area contributed by atoms with Crippen molar-refractivity contribution in [2.24, 2.45) is 13.0 Å². The molecule has 4 rings (SSSR count). The fourth-order valence-corrected chi connectivity index (χ4v) is 4.84. The summed E-state index contributed by atoms with van der Waals surface area (Å²) in [6.45, 7) is 6.84. The Morgan fingerprint density at radius 3 is 2.36 bits per heavy atom. The largest absolute Gasteiger partial charge is 0.324 e. The lowest BCUT2D eigenvalue weighted by atomic mass is 9.92. The number of carbonyl (C=O) groups is 1. The monoisotopic (exact) mass is 447 g/mol. The topological polar surface area (TPSA) is 62.5 Å². The molecule has 1 saturated heterocycles.